The van der Waals surface area contributed by atoms with E-state index in [0.717, 1.165) is 16.8 Å². The van der Waals surface area contributed by atoms with Crippen molar-refractivity contribution in [1.29, 1.82) is 0 Å². The van der Waals surface area contributed by atoms with Gasteiger partial charge in [0, 0.05) is 23.4 Å². The number of nitrogens with zero attached hydrogens (tertiary/aromatic N) is 1. The zero-order valence-electron chi connectivity index (χ0n) is 15.8. The standard InChI is InChI=1S/C25H20N2O2/c1-2-18-11-8-12-20(15-18)27(17-19-9-4-3-5-10-19)25(29)22-16-24(28)26-23-14-7-6-13-21(22)23/h1,3-15,22H,16-17H2,(H,26,28). The van der Waals surface area contributed by atoms with Gasteiger partial charge in [0.25, 0.3) is 0 Å². The minimum absolute atomic E-state index is 0.120. The lowest BCUT2D eigenvalue weighted by atomic mass is 9.89. The highest BCUT2D eigenvalue weighted by atomic mass is 16.2. The fourth-order valence-corrected chi connectivity index (χ4v) is 3.65. The van der Waals surface area contributed by atoms with Crippen LogP contribution in [0.1, 0.15) is 29.0 Å². The molecule has 1 aliphatic rings. The van der Waals surface area contributed by atoms with E-state index in [1.54, 1.807) is 4.90 Å². The number of anilines is 2. The fourth-order valence-electron chi connectivity index (χ4n) is 3.65. The van der Waals surface area contributed by atoms with Crippen LogP contribution in [0.4, 0.5) is 11.4 Å². The Morgan fingerprint density at radius 2 is 1.79 bits per heavy atom. The first-order valence-corrected chi connectivity index (χ1v) is 9.46. The minimum Gasteiger partial charge on any atom is -0.326 e. The van der Waals surface area contributed by atoms with Gasteiger partial charge in [-0.05, 0) is 35.4 Å². The van der Waals surface area contributed by atoms with Crippen LogP contribution in [0.5, 0.6) is 0 Å². The average molecular weight is 380 g/mol. The SMILES string of the molecule is C#Cc1cccc(N(Cc2ccccc2)C(=O)C2CC(=O)Nc3ccccc32)c1. The summed E-state index contributed by atoms with van der Waals surface area (Å²) in [5.41, 5.74) is 3.95. The van der Waals surface area contributed by atoms with Crippen molar-refractivity contribution in [2.45, 2.75) is 18.9 Å². The van der Waals surface area contributed by atoms with Gasteiger partial charge in [-0.1, -0.05) is 60.5 Å². The number of para-hydroxylation sites is 1. The van der Waals surface area contributed by atoms with Crippen LogP contribution in [0.15, 0.2) is 78.9 Å². The Kier molecular flexibility index (Phi) is 5.13. The maximum absolute atomic E-state index is 13.7. The monoisotopic (exact) mass is 380 g/mol. The van der Waals surface area contributed by atoms with Crippen molar-refractivity contribution in [3.63, 3.8) is 0 Å². The first kappa shape index (κ1) is 18.5. The number of hydrogen-bond donors (Lipinski definition) is 1. The predicted octanol–water partition coefficient (Wildman–Crippen LogP) is 4.33. The molecule has 0 radical (unpaired) electrons. The van der Waals surface area contributed by atoms with Gasteiger partial charge in [-0.2, -0.15) is 0 Å². The zero-order chi connectivity index (χ0) is 20.2. The van der Waals surface area contributed by atoms with Crippen LogP contribution in [0, 0.1) is 12.3 Å². The minimum atomic E-state index is -0.543. The third-order valence-corrected chi connectivity index (χ3v) is 5.07. The van der Waals surface area contributed by atoms with E-state index in [1.807, 2.05) is 78.9 Å². The van der Waals surface area contributed by atoms with Crippen LogP contribution in [0.25, 0.3) is 0 Å². The number of terminal acetylenes is 1. The predicted molar refractivity (Wildman–Crippen MR) is 114 cm³/mol. The molecule has 0 aromatic heterocycles. The van der Waals surface area contributed by atoms with Crippen molar-refractivity contribution >= 4 is 23.2 Å². The van der Waals surface area contributed by atoms with Crippen molar-refractivity contribution in [1.82, 2.24) is 0 Å². The third kappa shape index (κ3) is 3.90. The largest absolute Gasteiger partial charge is 0.326 e. The molecule has 3 aromatic rings. The van der Waals surface area contributed by atoms with Gasteiger partial charge >= 0.3 is 0 Å². The number of benzene rings is 3. The first-order chi connectivity index (χ1) is 14.2. The van der Waals surface area contributed by atoms with Crippen molar-refractivity contribution in [2.24, 2.45) is 0 Å². The van der Waals surface area contributed by atoms with E-state index in [0.29, 0.717) is 17.8 Å². The average Bonchev–Trinajstić information content (AvgIpc) is 2.77. The second-order valence-corrected chi connectivity index (χ2v) is 7.00. The number of fused-ring (bicyclic) bond motifs is 1. The van der Waals surface area contributed by atoms with Crippen molar-refractivity contribution in [2.75, 3.05) is 10.2 Å². The molecular weight excluding hydrogens is 360 g/mol. The molecule has 3 aromatic carbocycles. The molecule has 0 bridgehead atoms. The van der Waals surface area contributed by atoms with Crippen LogP contribution < -0.4 is 10.2 Å². The molecule has 1 heterocycles. The van der Waals surface area contributed by atoms with E-state index in [1.165, 1.54) is 0 Å². The molecule has 1 atom stereocenters. The summed E-state index contributed by atoms with van der Waals surface area (Å²) in [4.78, 5) is 27.7. The number of carbonyl (C=O) groups excluding carboxylic acids is 2. The molecule has 0 aliphatic carbocycles. The van der Waals surface area contributed by atoms with Gasteiger partial charge in [0.15, 0.2) is 0 Å². The summed E-state index contributed by atoms with van der Waals surface area (Å²) < 4.78 is 0. The van der Waals surface area contributed by atoms with Gasteiger partial charge in [-0.3, -0.25) is 9.59 Å². The summed E-state index contributed by atoms with van der Waals surface area (Å²) in [6.45, 7) is 0.397. The van der Waals surface area contributed by atoms with Crippen LogP contribution in [0.2, 0.25) is 0 Å². The molecular formula is C25H20N2O2. The lowest BCUT2D eigenvalue weighted by molar-refractivity contribution is -0.124. The Morgan fingerprint density at radius 3 is 2.59 bits per heavy atom. The van der Waals surface area contributed by atoms with Crippen LogP contribution in [-0.4, -0.2) is 11.8 Å². The molecule has 29 heavy (non-hydrogen) atoms. The summed E-state index contributed by atoms with van der Waals surface area (Å²) in [5.74, 6) is 1.81. The van der Waals surface area contributed by atoms with E-state index >= 15 is 0 Å². The molecule has 0 saturated carbocycles. The van der Waals surface area contributed by atoms with E-state index in [4.69, 9.17) is 6.42 Å². The fraction of sp³-hybridized carbons (Fsp3) is 0.120. The smallest absolute Gasteiger partial charge is 0.235 e. The van der Waals surface area contributed by atoms with Gasteiger partial charge in [-0.25, -0.2) is 0 Å². The summed E-state index contributed by atoms with van der Waals surface area (Å²) in [5, 5.41) is 2.86. The molecule has 1 unspecified atom stereocenters. The van der Waals surface area contributed by atoms with Crippen LogP contribution in [0.3, 0.4) is 0 Å². The molecule has 1 N–H and O–H groups in total. The molecule has 0 saturated heterocycles. The van der Waals surface area contributed by atoms with Crippen LogP contribution in [-0.2, 0) is 16.1 Å². The summed E-state index contributed by atoms with van der Waals surface area (Å²) in [7, 11) is 0. The lowest BCUT2D eigenvalue weighted by Crippen LogP contribution is -2.38. The highest BCUT2D eigenvalue weighted by Gasteiger charge is 2.34. The quantitative estimate of drug-likeness (QED) is 0.685. The Labute approximate surface area is 170 Å². The Bertz CT molecular complexity index is 1100. The third-order valence-electron chi connectivity index (χ3n) is 5.07. The second-order valence-electron chi connectivity index (χ2n) is 7.00. The summed E-state index contributed by atoms with van der Waals surface area (Å²) in [6.07, 6.45) is 5.69. The summed E-state index contributed by atoms with van der Waals surface area (Å²) >= 11 is 0. The molecule has 4 heteroatoms. The number of carbonyl (C=O) groups is 2. The van der Waals surface area contributed by atoms with E-state index < -0.39 is 5.92 Å². The molecule has 142 valence electrons. The van der Waals surface area contributed by atoms with E-state index in [-0.39, 0.29) is 18.2 Å². The zero-order valence-corrected chi connectivity index (χ0v) is 15.8. The van der Waals surface area contributed by atoms with Gasteiger partial charge in [-0.15, -0.1) is 6.42 Å². The molecule has 0 fully saturated rings. The van der Waals surface area contributed by atoms with Crippen molar-refractivity contribution in [3.8, 4) is 12.3 Å². The van der Waals surface area contributed by atoms with Gasteiger partial charge in [0.1, 0.15) is 0 Å². The van der Waals surface area contributed by atoms with Gasteiger partial charge in [0.05, 0.1) is 12.5 Å². The second kappa shape index (κ2) is 8.04. The Hall–Kier alpha value is -3.84. The van der Waals surface area contributed by atoms with Crippen molar-refractivity contribution < 1.29 is 9.59 Å². The van der Waals surface area contributed by atoms with E-state index in [2.05, 4.69) is 11.2 Å². The summed E-state index contributed by atoms with van der Waals surface area (Å²) in [6, 6.07) is 24.6. The maximum atomic E-state index is 13.7. The number of hydrogen-bond acceptors (Lipinski definition) is 2. The first-order valence-electron chi connectivity index (χ1n) is 9.46. The maximum Gasteiger partial charge on any atom is 0.235 e. The number of rotatable bonds is 4. The highest BCUT2D eigenvalue weighted by molar-refractivity contribution is 6.06. The number of amides is 2. The lowest BCUT2D eigenvalue weighted by Gasteiger charge is -2.31. The van der Waals surface area contributed by atoms with Gasteiger partial charge < -0.3 is 10.2 Å². The number of nitrogens with one attached hydrogen (secondary N) is 1. The normalized spacial score (nSPS) is 15.0. The Balaban J connectivity index is 1.75. The van der Waals surface area contributed by atoms with E-state index in [9.17, 15) is 9.59 Å². The molecule has 1 aliphatic heterocycles. The van der Waals surface area contributed by atoms with Crippen LogP contribution >= 0.6 is 0 Å². The molecule has 2 amide bonds. The van der Waals surface area contributed by atoms with Gasteiger partial charge in [0.2, 0.25) is 11.8 Å². The van der Waals surface area contributed by atoms with Crippen molar-refractivity contribution in [3.05, 3.63) is 95.6 Å². The molecule has 4 rings (SSSR count). The highest BCUT2D eigenvalue weighted by Crippen LogP contribution is 2.35. The molecule has 0 spiro atoms. The molecule has 4 nitrogen and oxygen atoms in total. The topological polar surface area (TPSA) is 49.4 Å². The Morgan fingerprint density at radius 1 is 1.03 bits per heavy atom.